The zero-order chi connectivity index (χ0) is 13.0. The average molecular weight is 250 g/mol. The van der Waals surface area contributed by atoms with Gasteiger partial charge in [0.25, 0.3) is 0 Å². The van der Waals surface area contributed by atoms with Gasteiger partial charge in [-0.1, -0.05) is 39.3 Å². The minimum atomic E-state index is 0.442. The molecular weight excluding hydrogens is 230 g/mol. The smallest absolute Gasteiger partial charge is 0.0995 e. The molecule has 0 bridgehead atoms. The molecule has 0 heterocycles. The molecule has 92 valence electrons. The number of nitrogens with zero attached hydrogens (tertiary/aromatic N) is 1. The highest BCUT2D eigenvalue weighted by Crippen LogP contribution is 2.37. The van der Waals surface area contributed by atoms with Gasteiger partial charge in [-0.05, 0) is 47.9 Å². The summed E-state index contributed by atoms with van der Waals surface area (Å²) in [4.78, 5) is 0. The molecule has 0 radical (unpaired) electrons. The minimum Gasteiger partial charge on any atom is -0.192 e. The van der Waals surface area contributed by atoms with E-state index in [0.717, 1.165) is 29.8 Å². The van der Waals surface area contributed by atoms with E-state index >= 15 is 0 Å². The molecule has 0 spiro atoms. The Morgan fingerprint density at radius 3 is 2.35 bits per heavy atom. The lowest BCUT2D eigenvalue weighted by molar-refractivity contribution is 0.839. The van der Waals surface area contributed by atoms with Gasteiger partial charge in [-0.2, -0.15) is 5.26 Å². The first-order valence-electron chi connectivity index (χ1n) is 6.39. The highest BCUT2D eigenvalue weighted by molar-refractivity contribution is 6.31. The van der Waals surface area contributed by atoms with Gasteiger partial charge < -0.3 is 0 Å². The van der Waals surface area contributed by atoms with Crippen molar-refractivity contribution in [3.05, 3.63) is 33.3 Å². The lowest BCUT2D eigenvalue weighted by Gasteiger charge is -2.15. The summed E-state index contributed by atoms with van der Waals surface area (Å²) in [5.41, 5.74) is 4.61. The summed E-state index contributed by atoms with van der Waals surface area (Å²) < 4.78 is 0. The van der Waals surface area contributed by atoms with Crippen LogP contribution in [-0.4, -0.2) is 0 Å². The number of halogens is 1. The van der Waals surface area contributed by atoms with E-state index in [-0.39, 0.29) is 0 Å². The van der Waals surface area contributed by atoms with Crippen LogP contribution in [0.1, 0.15) is 62.3 Å². The topological polar surface area (TPSA) is 23.8 Å². The standard InChI is InChI=1S/C13H14ClN.C2H6/c1-8(2)13-11-5-3-4-10(11)9(7-15)6-12(13)14;1-2/h6,8H,3-5H2,1-2H3;1-2H3. The van der Waals surface area contributed by atoms with Crippen LogP contribution in [0.2, 0.25) is 5.02 Å². The molecule has 1 aromatic rings. The lowest BCUT2D eigenvalue weighted by atomic mass is 9.92. The van der Waals surface area contributed by atoms with Crippen molar-refractivity contribution in [1.82, 2.24) is 0 Å². The summed E-state index contributed by atoms with van der Waals surface area (Å²) in [5.74, 6) is 0.442. The molecule has 1 aliphatic carbocycles. The summed E-state index contributed by atoms with van der Waals surface area (Å²) in [5, 5.41) is 9.81. The quantitative estimate of drug-likeness (QED) is 0.698. The molecule has 2 rings (SSSR count). The molecular formula is C15H20ClN. The van der Waals surface area contributed by atoms with Crippen LogP contribution in [0, 0.1) is 11.3 Å². The normalized spacial score (nSPS) is 12.8. The van der Waals surface area contributed by atoms with Crippen molar-refractivity contribution < 1.29 is 0 Å². The van der Waals surface area contributed by atoms with E-state index in [1.54, 1.807) is 0 Å². The van der Waals surface area contributed by atoms with Crippen molar-refractivity contribution in [2.75, 3.05) is 0 Å². The van der Waals surface area contributed by atoms with Crippen LogP contribution in [-0.2, 0) is 12.8 Å². The molecule has 0 aromatic heterocycles. The first-order chi connectivity index (χ1) is 8.15. The Bertz CT molecular complexity index is 441. The summed E-state index contributed by atoms with van der Waals surface area (Å²) in [6, 6.07) is 4.08. The Labute approximate surface area is 109 Å². The number of nitriles is 1. The largest absolute Gasteiger partial charge is 0.192 e. The number of hydrogen-bond acceptors (Lipinski definition) is 1. The van der Waals surface area contributed by atoms with E-state index in [2.05, 4.69) is 19.9 Å². The Morgan fingerprint density at radius 1 is 1.24 bits per heavy atom. The third-order valence-corrected chi connectivity index (χ3v) is 3.41. The van der Waals surface area contributed by atoms with Gasteiger partial charge in [-0.3, -0.25) is 0 Å². The van der Waals surface area contributed by atoms with E-state index in [1.165, 1.54) is 16.7 Å². The van der Waals surface area contributed by atoms with Gasteiger partial charge >= 0.3 is 0 Å². The van der Waals surface area contributed by atoms with Crippen molar-refractivity contribution in [3.63, 3.8) is 0 Å². The van der Waals surface area contributed by atoms with E-state index in [9.17, 15) is 0 Å². The van der Waals surface area contributed by atoms with Crippen LogP contribution in [0.15, 0.2) is 6.07 Å². The average Bonchev–Trinajstić information content (AvgIpc) is 2.78. The van der Waals surface area contributed by atoms with Gasteiger partial charge in [0.1, 0.15) is 0 Å². The van der Waals surface area contributed by atoms with Crippen LogP contribution in [0.3, 0.4) is 0 Å². The van der Waals surface area contributed by atoms with Gasteiger partial charge in [0, 0.05) is 5.02 Å². The number of rotatable bonds is 1. The molecule has 17 heavy (non-hydrogen) atoms. The second-order valence-corrected chi connectivity index (χ2v) is 4.80. The predicted octanol–water partition coefficient (Wildman–Crippen LogP) is 4.85. The highest BCUT2D eigenvalue weighted by Gasteiger charge is 2.22. The van der Waals surface area contributed by atoms with E-state index in [4.69, 9.17) is 16.9 Å². The van der Waals surface area contributed by atoms with Crippen LogP contribution in [0.5, 0.6) is 0 Å². The maximum Gasteiger partial charge on any atom is 0.0995 e. The zero-order valence-electron chi connectivity index (χ0n) is 11.1. The van der Waals surface area contributed by atoms with Crippen molar-refractivity contribution >= 4 is 11.6 Å². The molecule has 0 saturated carbocycles. The molecule has 1 nitrogen and oxygen atoms in total. The van der Waals surface area contributed by atoms with Gasteiger partial charge in [0.15, 0.2) is 0 Å². The Hall–Kier alpha value is -1.00. The maximum atomic E-state index is 9.05. The van der Waals surface area contributed by atoms with Crippen molar-refractivity contribution in [2.24, 2.45) is 0 Å². The number of fused-ring (bicyclic) bond motifs is 1. The molecule has 0 unspecified atom stereocenters. The lowest BCUT2D eigenvalue weighted by Crippen LogP contribution is -1.99. The zero-order valence-corrected chi connectivity index (χ0v) is 11.9. The van der Waals surface area contributed by atoms with Crippen molar-refractivity contribution in [1.29, 1.82) is 5.26 Å². The molecule has 0 fully saturated rings. The molecule has 0 atom stereocenters. The van der Waals surface area contributed by atoms with Crippen LogP contribution < -0.4 is 0 Å². The number of hydrogen-bond donors (Lipinski definition) is 0. The molecule has 1 aliphatic rings. The second kappa shape index (κ2) is 6.07. The van der Waals surface area contributed by atoms with Gasteiger partial charge in [-0.25, -0.2) is 0 Å². The highest BCUT2D eigenvalue weighted by atomic mass is 35.5. The van der Waals surface area contributed by atoms with Crippen LogP contribution in [0.25, 0.3) is 0 Å². The molecule has 0 amide bonds. The van der Waals surface area contributed by atoms with E-state index in [1.807, 2.05) is 19.9 Å². The third-order valence-electron chi connectivity index (χ3n) is 3.09. The Balaban J connectivity index is 0.000000686. The van der Waals surface area contributed by atoms with Crippen molar-refractivity contribution in [3.8, 4) is 6.07 Å². The molecule has 0 aliphatic heterocycles. The second-order valence-electron chi connectivity index (χ2n) is 4.40. The summed E-state index contributed by atoms with van der Waals surface area (Å²) in [6.45, 7) is 8.32. The van der Waals surface area contributed by atoms with E-state index < -0.39 is 0 Å². The fraction of sp³-hybridized carbons (Fsp3) is 0.533. The summed E-state index contributed by atoms with van der Waals surface area (Å²) in [7, 11) is 0. The predicted molar refractivity (Wildman–Crippen MR) is 73.6 cm³/mol. The monoisotopic (exact) mass is 249 g/mol. The van der Waals surface area contributed by atoms with Gasteiger partial charge in [-0.15, -0.1) is 0 Å². The molecule has 2 heteroatoms. The fourth-order valence-corrected chi connectivity index (χ4v) is 2.94. The van der Waals surface area contributed by atoms with Gasteiger partial charge in [0.05, 0.1) is 11.6 Å². The third kappa shape index (κ3) is 2.64. The molecule has 0 N–H and O–H groups in total. The summed E-state index contributed by atoms with van der Waals surface area (Å²) >= 11 is 6.24. The molecule has 1 aromatic carbocycles. The molecule has 0 saturated heterocycles. The SMILES string of the molecule is CC.CC(C)c1c(Cl)cc(C#N)c2c1CCC2. The van der Waals surface area contributed by atoms with Crippen molar-refractivity contribution in [2.45, 2.75) is 52.9 Å². The minimum absolute atomic E-state index is 0.442. The Kier molecular flexibility index (Phi) is 5.02. The van der Waals surface area contributed by atoms with E-state index in [0.29, 0.717) is 5.92 Å². The van der Waals surface area contributed by atoms with Crippen LogP contribution in [0.4, 0.5) is 0 Å². The number of benzene rings is 1. The van der Waals surface area contributed by atoms with Crippen LogP contribution >= 0.6 is 11.6 Å². The first kappa shape index (κ1) is 14.1. The van der Waals surface area contributed by atoms with Gasteiger partial charge in [0.2, 0.25) is 0 Å². The fourth-order valence-electron chi connectivity index (χ4n) is 2.50. The summed E-state index contributed by atoms with van der Waals surface area (Å²) in [6.07, 6.45) is 3.28. The first-order valence-corrected chi connectivity index (χ1v) is 6.77. The maximum absolute atomic E-state index is 9.05. The Morgan fingerprint density at radius 2 is 1.82 bits per heavy atom.